The minimum atomic E-state index is -0.873. The van der Waals surface area contributed by atoms with Crippen molar-refractivity contribution >= 4 is 5.91 Å². The first-order valence-electron chi connectivity index (χ1n) is 32.8. The molecule has 0 spiro atoms. The van der Waals surface area contributed by atoms with Gasteiger partial charge in [0.25, 0.3) is 0 Å². The van der Waals surface area contributed by atoms with Crippen molar-refractivity contribution in [2.24, 2.45) is 0 Å². The van der Waals surface area contributed by atoms with Gasteiger partial charge in [-0.2, -0.15) is 0 Å². The third-order valence-corrected chi connectivity index (χ3v) is 14.8. The molecular weight excluding hydrogens is 903 g/mol. The van der Waals surface area contributed by atoms with E-state index in [2.05, 4.69) is 92.1 Å². The van der Waals surface area contributed by atoms with Gasteiger partial charge in [-0.1, -0.05) is 330 Å². The minimum absolute atomic E-state index is 0.0734. The van der Waals surface area contributed by atoms with Gasteiger partial charge in [0.2, 0.25) is 5.91 Å². The van der Waals surface area contributed by atoms with Crippen molar-refractivity contribution in [1.29, 1.82) is 0 Å². The van der Waals surface area contributed by atoms with Gasteiger partial charge in [-0.3, -0.25) is 4.79 Å². The van der Waals surface area contributed by atoms with E-state index in [-0.39, 0.29) is 12.5 Å². The summed E-state index contributed by atoms with van der Waals surface area (Å²) in [6.07, 6.45) is 95.1. The van der Waals surface area contributed by atoms with Crippen molar-refractivity contribution in [3.05, 3.63) is 85.1 Å². The number of aliphatic hydroxyl groups excluding tert-OH is 2. The molecule has 0 fully saturated rings. The monoisotopic (exact) mass is 1030 g/mol. The first-order chi connectivity index (χ1) is 36.7. The van der Waals surface area contributed by atoms with E-state index < -0.39 is 12.1 Å². The van der Waals surface area contributed by atoms with Crippen LogP contribution >= 0.6 is 0 Å². The summed E-state index contributed by atoms with van der Waals surface area (Å²) in [4.78, 5) is 12.5. The van der Waals surface area contributed by atoms with E-state index in [0.29, 0.717) is 6.42 Å². The second-order valence-electron chi connectivity index (χ2n) is 22.1. The average molecular weight is 1030 g/mol. The fraction of sp³-hybridized carbons (Fsp3) is 0.786. The van der Waals surface area contributed by atoms with E-state index >= 15 is 0 Å². The number of aliphatic hydroxyl groups is 2. The molecule has 4 nitrogen and oxygen atoms in total. The number of hydrogen-bond acceptors (Lipinski definition) is 3. The van der Waals surface area contributed by atoms with Crippen molar-refractivity contribution in [3.8, 4) is 0 Å². The van der Waals surface area contributed by atoms with Gasteiger partial charge < -0.3 is 15.5 Å². The maximum atomic E-state index is 12.5. The van der Waals surface area contributed by atoms with Crippen LogP contribution in [0, 0.1) is 0 Å². The molecular formula is C70H127NO3. The standard InChI is InChI=1S/C70H127NO3/c1-3-5-7-9-11-13-15-17-19-21-23-25-27-28-29-30-31-32-33-34-35-36-37-38-39-40-41-42-44-46-48-50-52-54-56-58-60-62-64-66-70(74)71-68(67-72)69(73)65-63-61-59-57-55-53-51-49-47-45-43-26-24-22-20-18-16-14-12-10-8-6-4-2/h5,7,11,13,17,19,23,25,47,49,55,57,63,65,68-69,72-73H,3-4,6,8-10,12,14-16,18,20-22,24,26-46,48,50-54,56,58-62,64,66-67H2,1-2H3,(H,71,74)/b7-5-,13-11-,19-17-,25-23-,49-47+,57-55+,65-63+. The Kier molecular flexibility index (Phi) is 62.7. The lowest BCUT2D eigenvalue weighted by molar-refractivity contribution is -0.123. The van der Waals surface area contributed by atoms with Gasteiger partial charge in [-0.05, 0) is 83.5 Å². The molecule has 0 aromatic rings. The zero-order chi connectivity index (χ0) is 53.4. The van der Waals surface area contributed by atoms with Gasteiger partial charge in [-0.25, -0.2) is 0 Å². The molecule has 0 aliphatic carbocycles. The van der Waals surface area contributed by atoms with E-state index in [0.717, 1.165) is 64.2 Å². The molecule has 0 heterocycles. The fourth-order valence-corrected chi connectivity index (χ4v) is 9.91. The number of allylic oxidation sites excluding steroid dienone is 13. The van der Waals surface area contributed by atoms with Crippen LogP contribution < -0.4 is 5.32 Å². The number of carbonyl (C=O) groups excluding carboxylic acids is 1. The molecule has 0 aromatic heterocycles. The molecule has 0 bridgehead atoms. The molecule has 2 atom stereocenters. The first-order valence-corrected chi connectivity index (χ1v) is 32.8. The lowest BCUT2D eigenvalue weighted by atomic mass is 10.0. The summed E-state index contributed by atoms with van der Waals surface area (Å²) in [5.41, 5.74) is 0. The van der Waals surface area contributed by atoms with Crippen LogP contribution in [-0.2, 0) is 4.79 Å². The lowest BCUT2D eigenvalue weighted by Crippen LogP contribution is -2.45. The second-order valence-corrected chi connectivity index (χ2v) is 22.1. The Labute approximate surface area is 462 Å². The van der Waals surface area contributed by atoms with Crippen molar-refractivity contribution in [2.45, 2.75) is 347 Å². The summed E-state index contributed by atoms with van der Waals surface area (Å²) in [6.45, 7) is 4.21. The SMILES string of the molecule is CC/C=C\C/C=C\C/C=C\C/C=C\CCCCCCCCCCCCCCCCCCCCCCCCCCCCC(=O)NC(CO)C(O)/C=C/CC/C=C/CC/C=C/CCCCCCCCCCCCCCC. The predicted octanol–water partition coefficient (Wildman–Crippen LogP) is 22.3. The van der Waals surface area contributed by atoms with Gasteiger partial charge in [0.05, 0.1) is 18.8 Å². The zero-order valence-corrected chi connectivity index (χ0v) is 49.6. The van der Waals surface area contributed by atoms with Gasteiger partial charge in [0, 0.05) is 6.42 Å². The topological polar surface area (TPSA) is 69.6 Å². The molecule has 0 aliphatic rings. The number of unbranched alkanes of at least 4 members (excludes halogenated alkanes) is 41. The van der Waals surface area contributed by atoms with Gasteiger partial charge >= 0.3 is 0 Å². The molecule has 1 amide bonds. The summed E-state index contributed by atoms with van der Waals surface area (Å²) in [5.74, 6) is -0.0734. The Morgan fingerprint density at radius 1 is 0.338 bits per heavy atom. The number of carbonyl (C=O) groups is 1. The van der Waals surface area contributed by atoms with Gasteiger partial charge in [0.15, 0.2) is 0 Å². The van der Waals surface area contributed by atoms with Crippen molar-refractivity contribution in [1.82, 2.24) is 5.32 Å². The molecule has 0 rings (SSSR count). The smallest absolute Gasteiger partial charge is 0.220 e. The second kappa shape index (κ2) is 64.9. The molecule has 0 saturated carbocycles. The van der Waals surface area contributed by atoms with Crippen molar-refractivity contribution in [2.75, 3.05) is 6.61 Å². The third-order valence-electron chi connectivity index (χ3n) is 14.8. The van der Waals surface area contributed by atoms with E-state index in [4.69, 9.17) is 0 Å². The van der Waals surface area contributed by atoms with Gasteiger partial charge in [-0.15, -0.1) is 0 Å². The van der Waals surface area contributed by atoms with Crippen molar-refractivity contribution < 1.29 is 15.0 Å². The van der Waals surface area contributed by atoms with E-state index in [1.807, 2.05) is 6.08 Å². The summed E-state index contributed by atoms with van der Waals surface area (Å²) in [5, 5.41) is 23.2. The van der Waals surface area contributed by atoms with E-state index in [9.17, 15) is 15.0 Å². The predicted molar refractivity (Wildman–Crippen MR) is 331 cm³/mol. The quantitative estimate of drug-likeness (QED) is 0.0420. The highest BCUT2D eigenvalue weighted by Gasteiger charge is 2.18. The maximum Gasteiger partial charge on any atom is 0.220 e. The highest BCUT2D eigenvalue weighted by molar-refractivity contribution is 5.76. The van der Waals surface area contributed by atoms with Crippen LogP contribution in [0.2, 0.25) is 0 Å². The molecule has 0 aromatic carbocycles. The average Bonchev–Trinajstić information content (AvgIpc) is 3.40. The number of rotatable bonds is 60. The lowest BCUT2D eigenvalue weighted by Gasteiger charge is -2.19. The summed E-state index contributed by atoms with van der Waals surface area (Å²) >= 11 is 0. The maximum absolute atomic E-state index is 12.5. The molecule has 3 N–H and O–H groups in total. The molecule has 74 heavy (non-hydrogen) atoms. The Morgan fingerprint density at radius 3 is 0.946 bits per heavy atom. The fourth-order valence-electron chi connectivity index (χ4n) is 9.91. The van der Waals surface area contributed by atoms with Crippen LogP contribution in [-0.4, -0.2) is 34.9 Å². The molecule has 0 radical (unpaired) electrons. The molecule has 0 aliphatic heterocycles. The van der Waals surface area contributed by atoms with E-state index in [1.165, 1.54) is 250 Å². The number of amides is 1. The van der Waals surface area contributed by atoms with Crippen LogP contribution in [0.5, 0.6) is 0 Å². The number of nitrogens with one attached hydrogen (secondary N) is 1. The van der Waals surface area contributed by atoms with Crippen LogP contribution in [0.3, 0.4) is 0 Å². The molecule has 4 heteroatoms. The highest BCUT2D eigenvalue weighted by Crippen LogP contribution is 2.18. The zero-order valence-electron chi connectivity index (χ0n) is 49.6. The summed E-state index contributed by atoms with van der Waals surface area (Å²) < 4.78 is 0. The summed E-state index contributed by atoms with van der Waals surface area (Å²) in [7, 11) is 0. The van der Waals surface area contributed by atoms with Crippen LogP contribution in [0.25, 0.3) is 0 Å². The Morgan fingerprint density at radius 2 is 0.608 bits per heavy atom. The van der Waals surface area contributed by atoms with E-state index in [1.54, 1.807) is 6.08 Å². The Bertz CT molecular complexity index is 1310. The molecule has 2 unspecified atom stereocenters. The normalized spacial score (nSPS) is 13.3. The van der Waals surface area contributed by atoms with Gasteiger partial charge in [0.1, 0.15) is 0 Å². The Balaban J connectivity index is 3.46. The first kappa shape index (κ1) is 71.6. The van der Waals surface area contributed by atoms with Crippen LogP contribution in [0.1, 0.15) is 335 Å². The minimum Gasteiger partial charge on any atom is -0.394 e. The highest BCUT2D eigenvalue weighted by atomic mass is 16.3. The largest absolute Gasteiger partial charge is 0.394 e. The van der Waals surface area contributed by atoms with Crippen LogP contribution in [0.15, 0.2) is 85.1 Å². The van der Waals surface area contributed by atoms with Crippen LogP contribution in [0.4, 0.5) is 0 Å². The Hall–Kier alpha value is -2.43. The molecule has 430 valence electrons. The molecule has 0 saturated heterocycles. The van der Waals surface area contributed by atoms with Crippen molar-refractivity contribution in [3.63, 3.8) is 0 Å². The third kappa shape index (κ3) is 60.4. The number of hydrogen-bond donors (Lipinski definition) is 3. The summed E-state index contributed by atoms with van der Waals surface area (Å²) in [6, 6.07) is -0.648.